The molecule has 2 nitrogen and oxygen atoms in total. The van der Waals surface area contributed by atoms with E-state index in [1.807, 2.05) is 36.4 Å². The summed E-state index contributed by atoms with van der Waals surface area (Å²) in [6, 6.07) is 13.9. The Hall–Kier alpha value is -1.13. The zero-order valence-electron chi connectivity index (χ0n) is 10.0. The second-order valence-corrected chi connectivity index (χ2v) is 5.66. The van der Waals surface area contributed by atoms with Crippen LogP contribution in [-0.4, -0.2) is 7.11 Å². The zero-order chi connectivity index (χ0) is 13.0. The van der Waals surface area contributed by atoms with Crippen molar-refractivity contribution in [2.45, 2.75) is 10.6 Å². The number of nitrogen functional groups attached to an aromatic ring is 1. The van der Waals surface area contributed by atoms with E-state index < -0.39 is 0 Å². The summed E-state index contributed by atoms with van der Waals surface area (Å²) in [5.74, 6) is 1.79. The van der Waals surface area contributed by atoms with Gasteiger partial charge in [0.15, 0.2) is 0 Å². The van der Waals surface area contributed by atoms with Crippen molar-refractivity contribution >= 4 is 33.4 Å². The molecule has 0 atom stereocenters. The molecular weight excluding hydrogens is 310 g/mol. The van der Waals surface area contributed by atoms with Gasteiger partial charge in [0.25, 0.3) is 0 Å². The van der Waals surface area contributed by atoms with Crippen LogP contribution >= 0.6 is 27.7 Å². The summed E-state index contributed by atoms with van der Waals surface area (Å²) in [4.78, 5) is 1.14. The number of rotatable bonds is 4. The highest BCUT2D eigenvalue weighted by molar-refractivity contribution is 9.10. The highest BCUT2D eigenvalue weighted by Gasteiger charge is 2.05. The third kappa shape index (κ3) is 3.21. The first-order chi connectivity index (χ1) is 8.70. The molecule has 0 spiro atoms. The Labute approximate surface area is 120 Å². The average Bonchev–Trinajstić information content (AvgIpc) is 2.38. The number of hydrogen-bond donors (Lipinski definition) is 1. The highest BCUT2D eigenvalue weighted by Crippen LogP contribution is 2.33. The number of anilines is 1. The van der Waals surface area contributed by atoms with Crippen LogP contribution in [0, 0.1) is 0 Å². The number of methoxy groups -OCH3 is 1. The minimum atomic E-state index is 0.771. The summed E-state index contributed by atoms with van der Waals surface area (Å²) >= 11 is 5.28. The second kappa shape index (κ2) is 6.16. The molecule has 0 aromatic heterocycles. The van der Waals surface area contributed by atoms with Gasteiger partial charge in [0.2, 0.25) is 0 Å². The molecule has 0 bridgehead atoms. The smallest absolute Gasteiger partial charge is 0.132 e. The number of nitrogens with two attached hydrogens (primary N) is 1. The van der Waals surface area contributed by atoms with Crippen molar-refractivity contribution in [1.29, 1.82) is 0 Å². The first-order valence-corrected chi connectivity index (χ1v) is 7.28. The van der Waals surface area contributed by atoms with Crippen molar-refractivity contribution in [3.05, 3.63) is 52.5 Å². The number of hydrogen-bond acceptors (Lipinski definition) is 3. The Kier molecular flexibility index (Phi) is 4.55. The molecule has 0 aliphatic heterocycles. The van der Waals surface area contributed by atoms with Crippen LogP contribution in [0.15, 0.2) is 51.8 Å². The minimum absolute atomic E-state index is 0.771. The van der Waals surface area contributed by atoms with Crippen LogP contribution in [0.25, 0.3) is 0 Å². The molecular formula is C14H14BrNOS. The fraction of sp³-hybridized carbons (Fsp3) is 0.143. The van der Waals surface area contributed by atoms with Gasteiger partial charge in [-0.05, 0) is 29.8 Å². The van der Waals surface area contributed by atoms with Crippen molar-refractivity contribution in [2.24, 2.45) is 0 Å². The van der Waals surface area contributed by atoms with E-state index in [1.165, 1.54) is 5.56 Å². The summed E-state index contributed by atoms with van der Waals surface area (Å²) in [5.41, 5.74) is 7.72. The number of ether oxygens (including phenoxy) is 1. The van der Waals surface area contributed by atoms with E-state index in [0.29, 0.717) is 0 Å². The largest absolute Gasteiger partial charge is 0.496 e. The highest BCUT2D eigenvalue weighted by atomic mass is 79.9. The summed E-state index contributed by atoms with van der Waals surface area (Å²) in [6.45, 7) is 0. The van der Waals surface area contributed by atoms with Gasteiger partial charge in [-0.25, -0.2) is 0 Å². The van der Waals surface area contributed by atoms with Crippen LogP contribution < -0.4 is 10.5 Å². The van der Waals surface area contributed by atoms with E-state index in [0.717, 1.165) is 26.6 Å². The van der Waals surface area contributed by atoms with Gasteiger partial charge >= 0.3 is 0 Å². The molecule has 0 aliphatic carbocycles. The molecule has 0 fully saturated rings. The lowest BCUT2D eigenvalue weighted by Crippen LogP contribution is -1.89. The Morgan fingerprint density at radius 1 is 1.22 bits per heavy atom. The molecule has 2 rings (SSSR count). The van der Waals surface area contributed by atoms with E-state index in [1.54, 1.807) is 18.9 Å². The predicted molar refractivity (Wildman–Crippen MR) is 81.1 cm³/mol. The first-order valence-electron chi connectivity index (χ1n) is 5.50. The van der Waals surface area contributed by atoms with Crippen molar-refractivity contribution in [2.75, 3.05) is 12.8 Å². The lowest BCUT2D eigenvalue weighted by atomic mass is 10.2. The van der Waals surface area contributed by atoms with Crippen LogP contribution in [0.1, 0.15) is 5.56 Å². The average molecular weight is 324 g/mol. The van der Waals surface area contributed by atoms with Crippen molar-refractivity contribution in [3.8, 4) is 5.75 Å². The van der Waals surface area contributed by atoms with E-state index in [9.17, 15) is 0 Å². The molecule has 2 aromatic carbocycles. The molecule has 2 N–H and O–H groups in total. The normalized spacial score (nSPS) is 10.3. The van der Waals surface area contributed by atoms with E-state index in [4.69, 9.17) is 10.5 Å². The molecule has 0 heterocycles. The van der Waals surface area contributed by atoms with E-state index >= 15 is 0 Å². The van der Waals surface area contributed by atoms with Gasteiger partial charge in [-0.15, -0.1) is 11.8 Å². The SMILES string of the molecule is COc1ccccc1SCc1ccc(N)cc1Br. The molecule has 0 radical (unpaired) electrons. The maximum atomic E-state index is 5.72. The van der Waals surface area contributed by atoms with E-state index in [-0.39, 0.29) is 0 Å². The van der Waals surface area contributed by atoms with Gasteiger partial charge < -0.3 is 10.5 Å². The molecule has 0 unspecified atom stereocenters. The second-order valence-electron chi connectivity index (χ2n) is 3.79. The summed E-state index contributed by atoms with van der Waals surface area (Å²) in [6.07, 6.45) is 0. The lowest BCUT2D eigenvalue weighted by Gasteiger charge is -2.09. The molecule has 0 amide bonds. The number of thioether (sulfide) groups is 1. The van der Waals surface area contributed by atoms with Gasteiger partial charge in [0.05, 0.1) is 7.11 Å². The van der Waals surface area contributed by atoms with Gasteiger partial charge in [-0.2, -0.15) is 0 Å². The van der Waals surface area contributed by atoms with Gasteiger partial charge in [-0.3, -0.25) is 0 Å². The van der Waals surface area contributed by atoms with Crippen LogP contribution in [0.4, 0.5) is 5.69 Å². The summed E-state index contributed by atoms with van der Waals surface area (Å²) in [5, 5.41) is 0. The summed E-state index contributed by atoms with van der Waals surface area (Å²) < 4.78 is 6.38. The Morgan fingerprint density at radius 2 is 2.00 bits per heavy atom. The summed E-state index contributed by atoms with van der Waals surface area (Å²) in [7, 11) is 1.69. The Morgan fingerprint density at radius 3 is 2.72 bits per heavy atom. The van der Waals surface area contributed by atoms with E-state index in [2.05, 4.69) is 22.0 Å². The van der Waals surface area contributed by atoms with Crippen LogP contribution in [0.2, 0.25) is 0 Å². The molecule has 94 valence electrons. The van der Waals surface area contributed by atoms with Crippen molar-refractivity contribution in [1.82, 2.24) is 0 Å². The predicted octanol–water partition coefficient (Wildman–Crippen LogP) is 4.33. The number of benzene rings is 2. The first kappa shape index (κ1) is 13.3. The zero-order valence-corrected chi connectivity index (χ0v) is 12.4. The molecule has 2 aromatic rings. The number of para-hydroxylation sites is 1. The molecule has 4 heteroatoms. The van der Waals surface area contributed by atoms with Crippen molar-refractivity contribution < 1.29 is 4.74 Å². The van der Waals surface area contributed by atoms with Gasteiger partial charge in [-0.1, -0.05) is 34.1 Å². The third-order valence-corrected chi connectivity index (χ3v) is 4.37. The van der Waals surface area contributed by atoms with Crippen LogP contribution in [-0.2, 0) is 5.75 Å². The van der Waals surface area contributed by atoms with Gasteiger partial charge in [0, 0.05) is 20.8 Å². The fourth-order valence-corrected chi connectivity index (χ4v) is 3.33. The molecule has 0 saturated heterocycles. The Balaban J connectivity index is 2.11. The lowest BCUT2D eigenvalue weighted by molar-refractivity contribution is 0.405. The minimum Gasteiger partial charge on any atom is -0.496 e. The molecule has 0 saturated carbocycles. The maximum Gasteiger partial charge on any atom is 0.132 e. The fourth-order valence-electron chi connectivity index (χ4n) is 1.57. The van der Waals surface area contributed by atoms with Crippen molar-refractivity contribution in [3.63, 3.8) is 0 Å². The molecule has 0 aliphatic rings. The van der Waals surface area contributed by atoms with Crippen LogP contribution in [0.5, 0.6) is 5.75 Å². The van der Waals surface area contributed by atoms with Gasteiger partial charge in [0.1, 0.15) is 5.75 Å². The molecule has 18 heavy (non-hydrogen) atoms. The third-order valence-electron chi connectivity index (χ3n) is 2.53. The Bertz CT molecular complexity index is 545. The maximum absolute atomic E-state index is 5.72. The quantitative estimate of drug-likeness (QED) is 0.671. The monoisotopic (exact) mass is 323 g/mol. The standard InChI is InChI=1S/C14H14BrNOS/c1-17-13-4-2-3-5-14(13)18-9-10-6-7-11(16)8-12(10)15/h2-8H,9,16H2,1H3. The number of halogens is 1. The topological polar surface area (TPSA) is 35.2 Å². The van der Waals surface area contributed by atoms with Crippen LogP contribution in [0.3, 0.4) is 0 Å².